The molecular weight excluding hydrogens is 218 g/mol. The van der Waals surface area contributed by atoms with Crippen molar-refractivity contribution in [3.63, 3.8) is 0 Å². The van der Waals surface area contributed by atoms with Crippen molar-refractivity contribution in [1.29, 1.82) is 0 Å². The number of fused-ring (bicyclic) bond motifs is 1. The van der Waals surface area contributed by atoms with Gasteiger partial charge in [0.25, 0.3) is 15.9 Å². The number of carbonyl (C=O) groups excluding carboxylic acids is 1. The van der Waals surface area contributed by atoms with Crippen molar-refractivity contribution in [2.45, 2.75) is 11.8 Å². The zero-order chi connectivity index (χ0) is 11.2. The van der Waals surface area contributed by atoms with Crippen molar-refractivity contribution in [2.24, 2.45) is 0 Å². The first-order valence-electron chi connectivity index (χ1n) is 4.21. The fourth-order valence-electron chi connectivity index (χ4n) is 1.57. The molecular formula is C9H9NO4S. The number of methoxy groups -OCH3 is 1. The van der Waals surface area contributed by atoms with Crippen LogP contribution in [-0.2, 0) is 10.0 Å². The Balaban J connectivity index is 2.85. The largest absolute Gasteiger partial charge is 0.495 e. The van der Waals surface area contributed by atoms with Crippen molar-refractivity contribution in [1.82, 2.24) is 4.72 Å². The summed E-state index contributed by atoms with van der Waals surface area (Å²) in [5.41, 5.74) is 0.921. The van der Waals surface area contributed by atoms with Crippen molar-refractivity contribution in [3.8, 4) is 5.75 Å². The normalized spacial score (nSPS) is 17.1. The first-order valence-corrected chi connectivity index (χ1v) is 5.70. The molecule has 0 aromatic heterocycles. The lowest BCUT2D eigenvalue weighted by Gasteiger charge is -2.05. The van der Waals surface area contributed by atoms with Crippen LogP contribution in [0.15, 0.2) is 17.0 Å². The third-order valence-electron chi connectivity index (χ3n) is 2.16. The molecule has 1 aromatic rings. The number of benzene rings is 1. The van der Waals surface area contributed by atoms with Crippen molar-refractivity contribution < 1.29 is 17.9 Å². The average molecular weight is 227 g/mol. The van der Waals surface area contributed by atoms with Gasteiger partial charge in [-0.3, -0.25) is 4.79 Å². The second-order valence-corrected chi connectivity index (χ2v) is 4.90. The van der Waals surface area contributed by atoms with Crippen LogP contribution in [-0.4, -0.2) is 21.4 Å². The molecule has 1 aromatic carbocycles. The second kappa shape index (κ2) is 2.96. The van der Waals surface area contributed by atoms with Crippen LogP contribution in [0.5, 0.6) is 5.75 Å². The molecule has 0 atom stereocenters. The van der Waals surface area contributed by atoms with Crippen molar-refractivity contribution >= 4 is 15.9 Å². The van der Waals surface area contributed by atoms with E-state index in [1.165, 1.54) is 13.2 Å². The lowest BCUT2D eigenvalue weighted by molar-refractivity contribution is 0.0984. The van der Waals surface area contributed by atoms with E-state index < -0.39 is 15.9 Å². The van der Waals surface area contributed by atoms with Crippen LogP contribution in [0.2, 0.25) is 0 Å². The van der Waals surface area contributed by atoms with Gasteiger partial charge in [-0.2, -0.15) is 0 Å². The Morgan fingerprint density at radius 1 is 1.33 bits per heavy atom. The molecule has 1 aliphatic rings. The SMILES string of the molecule is COc1cc(C)cc2c1S(=O)(=O)NC2=O. The van der Waals surface area contributed by atoms with Crippen molar-refractivity contribution in [2.75, 3.05) is 7.11 Å². The van der Waals surface area contributed by atoms with Crippen LogP contribution >= 0.6 is 0 Å². The summed E-state index contributed by atoms with van der Waals surface area (Å²) in [5.74, 6) is -0.407. The first-order chi connectivity index (χ1) is 6.95. The molecule has 0 radical (unpaired) electrons. The molecule has 1 aliphatic heterocycles. The van der Waals surface area contributed by atoms with E-state index in [1.807, 2.05) is 4.72 Å². The smallest absolute Gasteiger partial charge is 0.268 e. The number of hydrogen-bond donors (Lipinski definition) is 1. The standard InChI is InChI=1S/C9H9NO4S/c1-5-3-6-8(7(4-5)14-2)15(12,13)10-9(6)11/h3-4H,1-2H3,(H,10,11). The van der Waals surface area contributed by atoms with Crippen LogP contribution in [0.25, 0.3) is 0 Å². The Hall–Kier alpha value is -1.56. The fraction of sp³-hybridized carbons (Fsp3) is 0.222. The summed E-state index contributed by atoms with van der Waals surface area (Å²) >= 11 is 0. The summed E-state index contributed by atoms with van der Waals surface area (Å²) in [6.07, 6.45) is 0. The summed E-state index contributed by atoms with van der Waals surface area (Å²) in [4.78, 5) is 11.3. The molecule has 6 heteroatoms. The minimum absolute atomic E-state index is 0.0689. The highest BCUT2D eigenvalue weighted by Gasteiger charge is 2.36. The highest BCUT2D eigenvalue weighted by molar-refractivity contribution is 7.90. The Kier molecular flexibility index (Phi) is 1.97. The van der Waals surface area contributed by atoms with E-state index >= 15 is 0 Å². The molecule has 1 N–H and O–H groups in total. The van der Waals surface area contributed by atoms with Gasteiger partial charge in [0, 0.05) is 0 Å². The monoisotopic (exact) mass is 227 g/mol. The molecule has 1 heterocycles. The minimum atomic E-state index is -3.74. The van der Waals surface area contributed by atoms with Gasteiger partial charge in [-0.25, -0.2) is 13.1 Å². The minimum Gasteiger partial charge on any atom is -0.495 e. The number of rotatable bonds is 1. The molecule has 0 fully saturated rings. The molecule has 0 bridgehead atoms. The summed E-state index contributed by atoms with van der Waals surface area (Å²) in [5, 5.41) is 0. The second-order valence-electron chi connectivity index (χ2n) is 3.28. The molecule has 0 unspecified atom stereocenters. The summed E-state index contributed by atoms with van der Waals surface area (Å²) in [6, 6.07) is 3.11. The van der Waals surface area contributed by atoms with Gasteiger partial charge < -0.3 is 4.74 Å². The fourth-order valence-corrected chi connectivity index (χ4v) is 2.87. The van der Waals surface area contributed by atoms with E-state index in [0.29, 0.717) is 0 Å². The zero-order valence-corrected chi connectivity index (χ0v) is 9.01. The van der Waals surface area contributed by atoms with E-state index in [2.05, 4.69) is 0 Å². The number of amides is 1. The van der Waals surface area contributed by atoms with E-state index in [0.717, 1.165) is 5.56 Å². The maximum atomic E-state index is 11.5. The first kappa shape index (κ1) is 9.97. The van der Waals surface area contributed by atoms with Crippen LogP contribution in [0, 0.1) is 6.92 Å². The third-order valence-corrected chi connectivity index (χ3v) is 3.57. The average Bonchev–Trinajstić information content (AvgIpc) is 2.36. The Labute approximate surface area is 87.1 Å². The maximum Gasteiger partial charge on any atom is 0.268 e. The molecule has 15 heavy (non-hydrogen) atoms. The molecule has 5 nitrogen and oxygen atoms in total. The molecule has 80 valence electrons. The number of carbonyl (C=O) groups is 1. The zero-order valence-electron chi connectivity index (χ0n) is 8.20. The van der Waals surface area contributed by atoms with Crippen molar-refractivity contribution in [3.05, 3.63) is 23.3 Å². The van der Waals surface area contributed by atoms with Gasteiger partial charge in [-0.05, 0) is 24.6 Å². The highest BCUT2D eigenvalue weighted by Crippen LogP contribution is 2.32. The van der Waals surface area contributed by atoms with Gasteiger partial charge in [-0.15, -0.1) is 0 Å². The molecule has 1 amide bonds. The van der Waals surface area contributed by atoms with Crippen LogP contribution in [0.4, 0.5) is 0 Å². The van der Waals surface area contributed by atoms with Gasteiger partial charge in [0.1, 0.15) is 10.6 Å². The molecule has 0 saturated carbocycles. The number of aryl methyl sites for hydroxylation is 1. The highest BCUT2D eigenvalue weighted by atomic mass is 32.2. The summed E-state index contributed by atoms with van der Waals surface area (Å²) in [7, 11) is -2.37. The quantitative estimate of drug-likeness (QED) is 0.755. The molecule has 2 rings (SSSR count). The predicted molar refractivity (Wildman–Crippen MR) is 52.4 cm³/mol. The summed E-state index contributed by atoms with van der Waals surface area (Å²) < 4.78 is 29.9. The molecule has 0 aliphatic carbocycles. The molecule has 0 saturated heterocycles. The van der Waals surface area contributed by atoms with E-state index in [1.54, 1.807) is 13.0 Å². The number of ether oxygens (including phenoxy) is 1. The van der Waals surface area contributed by atoms with Gasteiger partial charge >= 0.3 is 0 Å². The lowest BCUT2D eigenvalue weighted by Crippen LogP contribution is -2.20. The van der Waals surface area contributed by atoms with E-state index in [-0.39, 0.29) is 16.2 Å². The predicted octanol–water partition coefficient (Wildman–Crippen LogP) is 0.436. The number of hydrogen-bond acceptors (Lipinski definition) is 4. The number of sulfonamides is 1. The third kappa shape index (κ3) is 1.37. The van der Waals surface area contributed by atoms with Crippen LogP contribution in [0.3, 0.4) is 0 Å². The Bertz CT molecular complexity index is 547. The van der Waals surface area contributed by atoms with Gasteiger partial charge in [0.05, 0.1) is 12.7 Å². The molecule has 0 spiro atoms. The van der Waals surface area contributed by atoms with E-state index in [4.69, 9.17) is 4.74 Å². The Morgan fingerprint density at radius 3 is 2.60 bits per heavy atom. The lowest BCUT2D eigenvalue weighted by atomic mass is 10.1. The topological polar surface area (TPSA) is 72.5 Å². The summed E-state index contributed by atoms with van der Waals surface area (Å²) in [6.45, 7) is 1.76. The Morgan fingerprint density at radius 2 is 2.00 bits per heavy atom. The van der Waals surface area contributed by atoms with E-state index in [9.17, 15) is 13.2 Å². The number of nitrogens with one attached hydrogen (secondary N) is 1. The van der Waals surface area contributed by atoms with Crippen LogP contribution < -0.4 is 9.46 Å². The van der Waals surface area contributed by atoms with Gasteiger partial charge in [0.15, 0.2) is 0 Å². The van der Waals surface area contributed by atoms with Gasteiger partial charge in [-0.1, -0.05) is 0 Å². The maximum absolute atomic E-state index is 11.5. The van der Waals surface area contributed by atoms with Crippen LogP contribution in [0.1, 0.15) is 15.9 Å². The van der Waals surface area contributed by atoms with Gasteiger partial charge in [0.2, 0.25) is 0 Å².